The minimum absolute atomic E-state index is 0.00962. The monoisotopic (exact) mass is 316 g/mol. The third-order valence-electron chi connectivity index (χ3n) is 4.29. The predicted molar refractivity (Wildman–Crippen MR) is 87.6 cm³/mol. The van der Waals surface area contributed by atoms with Gasteiger partial charge in [-0.15, -0.1) is 0 Å². The normalized spacial score (nSPS) is 30.3. The van der Waals surface area contributed by atoms with Crippen LogP contribution in [0.3, 0.4) is 0 Å². The molecule has 1 unspecified atom stereocenters. The molecule has 0 bridgehead atoms. The second kappa shape index (κ2) is 8.29. The Balaban J connectivity index is 1.34. The first kappa shape index (κ1) is 16.2. The summed E-state index contributed by atoms with van der Waals surface area (Å²) in [5.41, 5.74) is 0. The van der Waals surface area contributed by atoms with Crippen LogP contribution in [-0.4, -0.2) is 18.3 Å². The Morgan fingerprint density at radius 2 is 1.43 bits per heavy atom. The summed E-state index contributed by atoms with van der Waals surface area (Å²) in [7, 11) is 0. The van der Waals surface area contributed by atoms with E-state index in [1.165, 1.54) is 0 Å². The number of hydrogen-bond donors (Lipinski definition) is 0. The Morgan fingerprint density at radius 1 is 0.783 bits per heavy atom. The molecule has 2 atom stereocenters. The van der Waals surface area contributed by atoms with E-state index in [4.69, 9.17) is 19.6 Å². The van der Waals surface area contributed by atoms with Gasteiger partial charge in [-0.2, -0.15) is 4.89 Å². The number of para-hydroxylation sites is 1. The molecule has 0 saturated heterocycles. The molecule has 0 aliphatic heterocycles. The molecule has 1 fully saturated rings. The van der Waals surface area contributed by atoms with Gasteiger partial charge in [0.1, 0.15) is 12.2 Å². The molecular formula is C19H24O4. The summed E-state index contributed by atoms with van der Waals surface area (Å²) in [4.78, 5) is 22.1. The average molecular weight is 316 g/mol. The van der Waals surface area contributed by atoms with Gasteiger partial charge in [-0.25, -0.2) is 9.78 Å². The van der Waals surface area contributed by atoms with Gasteiger partial charge in [0.2, 0.25) is 0 Å². The summed E-state index contributed by atoms with van der Waals surface area (Å²) in [6.07, 6.45) is 12.1. The van der Waals surface area contributed by atoms with Crippen molar-refractivity contribution in [2.45, 2.75) is 50.9 Å². The molecule has 4 heteroatoms. The van der Waals surface area contributed by atoms with Crippen LogP contribution >= 0.6 is 0 Å². The van der Waals surface area contributed by atoms with Gasteiger partial charge in [0.15, 0.2) is 5.75 Å². The highest BCUT2D eigenvalue weighted by Crippen LogP contribution is 2.26. The van der Waals surface area contributed by atoms with E-state index in [9.17, 15) is 0 Å². The van der Waals surface area contributed by atoms with Crippen molar-refractivity contribution in [1.29, 1.82) is 0 Å². The molecule has 2 aliphatic rings. The van der Waals surface area contributed by atoms with Crippen molar-refractivity contribution in [2.24, 2.45) is 5.92 Å². The third-order valence-corrected chi connectivity index (χ3v) is 4.29. The van der Waals surface area contributed by atoms with Crippen LogP contribution in [0.1, 0.15) is 32.6 Å². The quantitative estimate of drug-likeness (QED) is 0.576. The second-order valence-electron chi connectivity index (χ2n) is 6.18. The number of benzene rings is 1. The van der Waals surface area contributed by atoms with Gasteiger partial charge in [0, 0.05) is 5.92 Å². The average Bonchev–Trinajstić information content (AvgIpc) is 2.61. The molecular weight excluding hydrogens is 292 g/mol. The van der Waals surface area contributed by atoms with Gasteiger partial charge < -0.3 is 4.89 Å². The smallest absolute Gasteiger partial charge is 0.165 e. The van der Waals surface area contributed by atoms with Gasteiger partial charge in [0.05, 0.1) is 6.10 Å². The maximum atomic E-state index is 5.62. The van der Waals surface area contributed by atoms with Crippen molar-refractivity contribution in [1.82, 2.24) is 0 Å². The zero-order chi connectivity index (χ0) is 15.9. The zero-order valence-electron chi connectivity index (χ0n) is 13.5. The van der Waals surface area contributed by atoms with Crippen molar-refractivity contribution in [3.63, 3.8) is 0 Å². The maximum Gasteiger partial charge on any atom is 0.165 e. The summed E-state index contributed by atoms with van der Waals surface area (Å²) in [5, 5.41) is 0. The van der Waals surface area contributed by atoms with Gasteiger partial charge in [-0.3, -0.25) is 0 Å². The molecule has 0 heterocycles. The summed E-state index contributed by atoms with van der Waals surface area (Å²) < 4.78 is 0. The molecule has 0 N–H and O–H groups in total. The first-order valence-electron chi connectivity index (χ1n) is 8.37. The molecule has 0 aromatic heterocycles. The molecule has 0 amide bonds. The summed E-state index contributed by atoms with van der Waals surface area (Å²) >= 11 is 0. The number of rotatable bonds is 6. The minimum Gasteiger partial charge on any atom is -0.337 e. The predicted octanol–water partition coefficient (Wildman–Crippen LogP) is 4.39. The van der Waals surface area contributed by atoms with Crippen molar-refractivity contribution >= 4 is 0 Å². The first-order chi connectivity index (χ1) is 11.3. The summed E-state index contributed by atoms with van der Waals surface area (Å²) in [6, 6.07) is 9.58. The largest absolute Gasteiger partial charge is 0.337 e. The Labute approximate surface area is 137 Å². The molecule has 2 aliphatic carbocycles. The lowest BCUT2D eigenvalue weighted by Crippen LogP contribution is -2.30. The molecule has 23 heavy (non-hydrogen) atoms. The van der Waals surface area contributed by atoms with Gasteiger partial charge in [-0.1, -0.05) is 49.4 Å². The van der Waals surface area contributed by atoms with Crippen LogP contribution in [0.25, 0.3) is 0 Å². The maximum absolute atomic E-state index is 5.62. The lowest BCUT2D eigenvalue weighted by molar-refractivity contribution is -0.355. The molecule has 1 saturated carbocycles. The Bertz CT molecular complexity index is 517. The SMILES string of the molecule is CC1C=CC=C[C@H]1OOC1CCC(OOc2ccccc2)CC1. The Hall–Kier alpha value is -1.62. The van der Waals surface area contributed by atoms with Crippen LogP contribution in [0.15, 0.2) is 54.6 Å². The van der Waals surface area contributed by atoms with Gasteiger partial charge in [0.25, 0.3) is 0 Å². The van der Waals surface area contributed by atoms with Crippen LogP contribution in [0.2, 0.25) is 0 Å². The summed E-state index contributed by atoms with van der Waals surface area (Å²) in [6.45, 7) is 2.12. The zero-order valence-corrected chi connectivity index (χ0v) is 13.5. The fourth-order valence-corrected chi connectivity index (χ4v) is 2.78. The first-order valence-corrected chi connectivity index (χ1v) is 8.37. The van der Waals surface area contributed by atoms with E-state index in [1.807, 2.05) is 48.6 Å². The fourth-order valence-electron chi connectivity index (χ4n) is 2.78. The van der Waals surface area contributed by atoms with Crippen LogP contribution in [0.4, 0.5) is 0 Å². The molecule has 0 radical (unpaired) electrons. The van der Waals surface area contributed by atoms with E-state index >= 15 is 0 Å². The molecule has 124 valence electrons. The highest BCUT2D eigenvalue weighted by atomic mass is 17.2. The fraction of sp³-hybridized carbons (Fsp3) is 0.474. The van der Waals surface area contributed by atoms with Crippen LogP contribution in [0.5, 0.6) is 5.75 Å². The minimum atomic E-state index is 0.00962. The molecule has 4 nitrogen and oxygen atoms in total. The van der Waals surface area contributed by atoms with E-state index in [1.54, 1.807) is 0 Å². The second-order valence-corrected chi connectivity index (χ2v) is 6.18. The third kappa shape index (κ3) is 4.93. The highest BCUT2D eigenvalue weighted by molar-refractivity contribution is 5.20. The lowest BCUT2D eigenvalue weighted by atomic mass is 9.95. The van der Waals surface area contributed by atoms with E-state index in [0.717, 1.165) is 31.4 Å². The Morgan fingerprint density at radius 3 is 2.13 bits per heavy atom. The molecule has 3 rings (SSSR count). The molecule has 1 aromatic carbocycles. The van der Waals surface area contributed by atoms with Crippen LogP contribution in [0, 0.1) is 5.92 Å². The van der Waals surface area contributed by atoms with Gasteiger partial charge >= 0.3 is 0 Å². The van der Waals surface area contributed by atoms with Crippen LogP contribution < -0.4 is 4.89 Å². The van der Waals surface area contributed by atoms with E-state index < -0.39 is 0 Å². The van der Waals surface area contributed by atoms with E-state index in [0.29, 0.717) is 5.92 Å². The van der Waals surface area contributed by atoms with E-state index in [-0.39, 0.29) is 18.3 Å². The van der Waals surface area contributed by atoms with Crippen molar-refractivity contribution in [3.05, 3.63) is 54.6 Å². The van der Waals surface area contributed by atoms with Crippen molar-refractivity contribution in [3.8, 4) is 5.75 Å². The topological polar surface area (TPSA) is 36.9 Å². The van der Waals surface area contributed by atoms with Crippen LogP contribution in [-0.2, 0) is 14.7 Å². The standard InChI is InChI=1S/C19H24O4/c1-15-7-5-6-10-19(15)23-22-18-13-11-17(12-14-18)21-20-16-8-3-2-4-9-16/h2-10,15,17-19H,11-14H2,1H3/t15?,17?,18?,19-/m1/s1. The van der Waals surface area contributed by atoms with Gasteiger partial charge in [-0.05, 0) is 37.8 Å². The van der Waals surface area contributed by atoms with Crippen molar-refractivity contribution < 1.29 is 19.6 Å². The lowest BCUT2D eigenvalue weighted by Gasteiger charge is -2.28. The molecule has 0 spiro atoms. The van der Waals surface area contributed by atoms with E-state index in [2.05, 4.69) is 13.0 Å². The number of hydrogen-bond acceptors (Lipinski definition) is 4. The summed E-state index contributed by atoms with van der Waals surface area (Å²) in [5.74, 6) is 1.08. The Kier molecular flexibility index (Phi) is 5.86. The highest BCUT2D eigenvalue weighted by Gasteiger charge is 2.26. The number of allylic oxidation sites excluding steroid dienone is 2. The van der Waals surface area contributed by atoms with Crippen molar-refractivity contribution in [2.75, 3.05) is 0 Å². The molecule has 1 aromatic rings.